The molecule has 2 heterocycles. The molecule has 2 aromatic carbocycles. The van der Waals surface area contributed by atoms with Crippen LogP contribution in [-0.2, 0) is 13.1 Å². The van der Waals surface area contributed by atoms with Crippen molar-refractivity contribution >= 4 is 68.1 Å². The number of benzene rings is 2. The Labute approximate surface area is 207 Å². The van der Waals surface area contributed by atoms with Crippen LogP contribution in [0.2, 0.25) is 10.0 Å². The zero-order valence-electron chi connectivity index (χ0n) is 16.4. The van der Waals surface area contributed by atoms with Crippen molar-refractivity contribution in [3.05, 3.63) is 92.4 Å². The third-order valence-electron chi connectivity index (χ3n) is 4.45. The van der Waals surface area contributed by atoms with Gasteiger partial charge in [0.1, 0.15) is 10.8 Å². The molecular formula is C21H16BrCl2FN6S. The monoisotopic (exact) mass is 552 g/mol. The Morgan fingerprint density at radius 3 is 2.31 bits per heavy atom. The number of anilines is 2. The van der Waals surface area contributed by atoms with Crippen molar-refractivity contribution in [1.82, 2.24) is 19.6 Å². The lowest BCUT2D eigenvalue weighted by molar-refractivity contribution is 0.624. The second-order valence-electron chi connectivity index (χ2n) is 6.84. The maximum Gasteiger partial charge on any atom is 0.177 e. The molecule has 0 unspecified atom stereocenters. The number of halogens is 4. The van der Waals surface area contributed by atoms with E-state index in [0.717, 1.165) is 15.6 Å². The molecule has 6 nitrogen and oxygen atoms in total. The molecule has 0 saturated carbocycles. The molecule has 164 valence electrons. The lowest BCUT2D eigenvalue weighted by atomic mass is 10.2. The number of aromatic nitrogens is 4. The number of nitrogens with one attached hydrogen (secondary N) is 2. The first-order valence-corrected chi connectivity index (χ1v) is 11.3. The van der Waals surface area contributed by atoms with Gasteiger partial charge in [-0.1, -0.05) is 53.5 Å². The summed E-state index contributed by atoms with van der Waals surface area (Å²) in [6, 6.07) is 13.8. The zero-order valence-corrected chi connectivity index (χ0v) is 20.3. The van der Waals surface area contributed by atoms with E-state index in [9.17, 15) is 4.39 Å². The van der Waals surface area contributed by atoms with E-state index < -0.39 is 0 Å². The van der Waals surface area contributed by atoms with Gasteiger partial charge in [0.15, 0.2) is 16.7 Å². The summed E-state index contributed by atoms with van der Waals surface area (Å²) in [4.78, 5) is 0. The van der Waals surface area contributed by atoms with E-state index in [1.165, 1.54) is 12.1 Å². The molecular weight excluding hydrogens is 538 g/mol. The van der Waals surface area contributed by atoms with Crippen LogP contribution < -0.4 is 10.6 Å². The van der Waals surface area contributed by atoms with Crippen LogP contribution in [0.5, 0.6) is 0 Å². The maximum absolute atomic E-state index is 13.1. The van der Waals surface area contributed by atoms with Crippen LogP contribution in [0.15, 0.2) is 65.4 Å². The number of hydrogen-bond donors (Lipinski definition) is 2. The van der Waals surface area contributed by atoms with Crippen molar-refractivity contribution in [3.63, 3.8) is 0 Å². The summed E-state index contributed by atoms with van der Waals surface area (Å²) in [5, 5.41) is 16.3. The largest absolute Gasteiger partial charge is 0.315 e. The van der Waals surface area contributed by atoms with Gasteiger partial charge in [0.25, 0.3) is 0 Å². The minimum atomic E-state index is -0.286. The molecule has 0 spiro atoms. The molecule has 2 aromatic heterocycles. The van der Waals surface area contributed by atoms with Crippen molar-refractivity contribution in [2.24, 2.45) is 0 Å². The van der Waals surface area contributed by atoms with Crippen LogP contribution in [0.1, 0.15) is 11.1 Å². The molecule has 0 bridgehead atoms. The Kier molecular flexibility index (Phi) is 7.10. The Balaban J connectivity index is 1.40. The van der Waals surface area contributed by atoms with E-state index >= 15 is 0 Å². The van der Waals surface area contributed by atoms with Crippen LogP contribution in [0, 0.1) is 5.82 Å². The predicted molar refractivity (Wildman–Crippen MR) is 133 cm³/mol. The molecule has 2 N–H and O–H groups in total. The summed E-state index contributed by atoms with van der Waals surface area (Å²) in [6.07, 6.45) is 3.50. The van der Waals surface area contributed by atoms with E-state index in [4.69, 9.17) is 35.4 Å². The lowest BCUT2D eigenvalue weighted by Crippen LogP contribution is -2.20. The van der Waals surface area contributed by atoms with Crippen LogP contribution in [0.3, 0.4) is 0 Å². The standard InChI is InChI=1S/C21H16BrCl2FN6S/c22-16-11-31(10-14-3-1-2-4-17(14)23)28-19(16)26-21(32)27-20-18(24)12-30(29-20)9-13-5-7-15(25)8-6-13/h1-8,11-12H,9-10H2,(H2,26,27,28,29,32). The van der Waals surface area contributed by atoms with E-state index in [-0.39, 0.29) is 10.9 Å². The summed E-state index contributed by atoms with van der Waals surface area (Å²) in [5.41, 5.74) is 1.85. The molecule has 0 aliphatic heterocycles. The Morgan fingerprint density at radius 1 is 0.906 bits per heavy atom. The van der Waals surface area contributed by atoms with Crippen LogP contribution >= 0.6 is 51.3 Å². The summed E-state index contributed by atoms with van der Waals surface area (Å²) >= 11 is 21.4. The lowest BCUT2D eigenvalue weighted by Gasteiger charge is -2.07. The van der Waals surface area contributed by atoms with E-state index in [0.29, 0.717) is 34.8 Å². The molecule has 11 heteroatoms. The van der Waals surface area contributed by atoms with Gasteiger partial charge in [0.05, 0.1) is 17.6 Å². The molecule has 0 atom stereocenters. The summed E-state index contributed by atoms with van der Waals surface area (Å²) in [7, 11) is 0. The Hall–Kier alpha value is -2.46. The maximum atomic E-state index is 13.1. The molecule has 32 heavy (non-hydrogen) atoms. The van der Waals surface area contributed by atoms with Crippen molar-refractivity contribution in [1.29, 1.82) is 0 Å². The first-order chi connectivity index (χ1) is 15.4. The van der Waals surface area contributed by atoms with Gasteiger partial charge in [0.2, 0.25) is 0 Å². The highest BCUT2D eigenvalue weighted by Gasteiger charge is 2.13. The predicted octanol–water partition coefficient (Wildman–Crippen LogP) is 6.19. The van der Waals surface area contributed by atoms with E-state index in [2.05, 4.69) is 36.8 Å². The quantitative estimate of drug-likeness (QED) is 0.279. The molecule has 4 rings (SSSR count). The highest BCUT2D eigenvalue weighted by molar-refractivity contribution is 9.10. The van der Waals surface area contributed by atoms with Gasteiger partial charge in [-0.05, 0) is 57.5 Å². The SMILES string of the molecule is Fc1ccc(Cn2cc(Cl)c(NC(=S)Nc3nn(Cc4ccccc4Cl)cc3Br)n2)cc1. The van der Waals surface area contributed by atoms with Crippen molar-refractivity contribution in [3.8, 4) is 0 Å². The smallest absolute Gasteiger partial charge is 0.177 e. The Bertz CT molecular complexity index is 1260. The zero-order chi connectivity index (χ0) is 22.7. The fraction of sp³-hybridized carbons (Fsp3) is 0.0952. The van der Waals surface area contributed by atoms with Crippen LogP contribution in [0.4, 0.5) is 16.0 Å². The van der Waals surface area contributed by atoms with Gasteiger partial charge in [0, 0.05) is 17.4 Å². The van der Waals surface area contributed by atoms with E-state index in [1.54, 1.807) is 27.7 Å². The third kappa shape index (κ3) is 5.66. The van der Waals surface area contributed by atoms with Crippen molar-refractivity contribution in [2.75, 3.05) is 10.6 Å². The molecule has 0 fully saturated rings. The summed E-state index contributed by atoms with van der Waals surface area (Å²) in [6.45, 7) is 0.958. The average molecular weight is 554 g/mol. The van der Waals surface area contributed by atoms with E-state index in [1.807, 2.05) is 30.5 Å². The first-order valence-electron chi connectivity index (χ1n) is 9.39. The minimum Gasteiger partial charge on any atom is -0.315 e. The fourth-order valence-electron chi connectivity index (χ4n) is 2.95. The van der Waals surface area contributed by atoms with Gasteiger partial charge in [-0.15, -0.1) is 0 Å². The second-order valence-corrected chi connectivity index (χ2v) is 8.92. The average Bonchev–Trinajstić information content (AvgIpc) is 3.26. The Morgan fingerprint density at radius 2 is 1.56 bits per heavy atom. The number of nitrogens with zero attached hydrogens (tertiary/aromatic N) is 4. The van der Waals surface area contributed by atoms with Crippen molar-refractivity contribution in [2.45, 2.75) is 13.1 Å². The molecule has 0 saturated heterocycles. The minimum absolute atomic E-state index is 0.280. The van der Waals surface area contributed by atoms with Gasteiger partial charge in [-0.2, -0.15) is 10.2 Å². The summed E-state index contributed by atoms with van der Waals surface area (Å²) < 4.78 is 17.2. The molecule has 0 aliphatic rings. The molecule has 0 aliphatic carbocycles. The third-order valence-corrected chi connectivity index (χ3v) is 5.88. The number of thiocarbonyl (C=S) groups is 1. The number of rotatable bonds is 6. The van der Waals surface area contributed by atoms with Crippen LogP contribution in [0.25, 0.3) is 0 Å². The molecule has 0 radical (unpaired) electrons. The highest BCUT2D eigenvalue weighted by Crippen LogP contribution is 2.24. The van der Waals surface area contributed by atoms with Gasteiger partial charge < -0.3 is 10.6 Å². The van der Waals surface area contributed by atoms with Gasteiger partial charge >= 0.3 is 0 Å². The highest BCUT2D eigenvalue weighted by atomic mass is 79.9. The molecule has 0 amide bonds. The second kappa shape index (κ2) is 9.99. The van der Waals surface area contributed by atoms with Gasteiger partial charge in [-0.25, -0.2) is 4.39 Å². The fourth-order valence-corrected chi connectivity index (χ4v) is 3.95. The van der Waals surface area contributed by atoms with Gasteiger partial charge in [-0.3, -0.25) is 9.36 Å². The number of hydrogen-bond acceptors (Lipinski definition) is 3. The van der Waals surface area contributed by atoms with Crippen molar-refractivity contribution < 1.29 is 4.39 Å². The summed E-state index contributed by atoms with van der Waals surface area (Å²) in [5.74, 6) is 0.654. The molecule has 4 aromatic rings. The first kappa shape index (κ1) is 22.7. The van der Waals surface area contributed by atoms with Crippen LogP contribution in [-0.4, -0.2) is 24.7 Å². The topological polar surface area (TPSA) is 59.7 Å². The normalized spacial score (nSPS) is 10.9.